The minimum absolute atomic E-state index is 0.436. The molecule has 0 saturated carbocycles. The molecule has 1 unspecified atom stereocenters. The second kappa shape index (κ2) is 6.31. The minimum Gasteiger partial charge on any atom is -0.259 e. The van der Waals surface area contributed by atoms with Gasteiger partial charge in [0.1, 0.15) is 0 Å². The molecule has 1 aromatic carbocycles. The van der Waals surface area contributed by atoms with Crippen molar-refractivity contribution in [1.82, 2.24) is 20.0 Å². The molecule has 0 aliphatic heterocycles. The Morgan fingerprint density at radius 3 is 2.57 bits per heavy atom. The zero-order valence-electron chi connectivity index (χ0n) is 12.1. The van der Waals surface area contributed by atoms with Gasteiger partial charge >= 0.3 is 0 Å². The van der Waals surface area contributed by atoms with E-state index in [0.717, 1.165) is 17.8 Å². The van der Waals surface area contributed by atoms with Crippen LogP contribution in [0.4, 0.5) is 0 Å². The third-order valence-electron chi connectivity index (χ3n) is 3.52. The van der Waals surface area contributed by atoms with Gasteiger partial charge in [0.25, 0.3) is 0 Å². The van der Waals surface area contributed by atoms with Crippen molar-refractivity contribution in [2.45, 2.75) is 25.8 Å². The van der Waals surface area contributed by atoms with Gasteiger partial charge in [-0.3, -0.25) is 4.98 Å². The van der Waals surface area contributed by atoms with E-state index in [1.807, 2.05) is 35.1 Å². The fourth-order valence-electron chi connectivity index (χ4n) is 2.38. The maximum Gasteiger partial charge on any atom is 0.0849 e. The minimum atomic E-state index is 0.436. The van der Waals surface area contributed by atoms with Gasteiger partial charge in [-0.25, -0.2) is 4.68 Å². The van der Waals surface area contributed by atoms with E-state index >= 15 is 0 Å². The van der Waals surface area contributed by atoms with Crippen LogP contribution < -0.4 is 0 Å². The van der Waals surface area contributed by atoms with Crippen molar-refractivity contribution in [3.05, 3.63) is 77.9 Å². The first-order valence-corrected chi connectivity index (χ1v) is 7.15. The van der Waals surface area contributed by atoms with E-state index < -0.39 is 0 Å². The van der Waals surface area contributed by atoms with E-state index in [0.29, 0.717) is 12.5 Å². The van der Waals surface area contributed by atoms with Gasteiger partial charge in [0.05, 0.1) is 17.9 Å². The highest BCUT2D eigenvalue weighted by Gasteiger charge is 2.09. The van der Waals surface area contributed by atoms with Crippen LogP contribution in [0.5, 0.6) is 0 Å². The van der Waals surface area contributed by atoms with Gasteiger partial charge in [-0.2, -0.15) is 0 Å². The second-order valence-electron chi connectivity index (χ2n) is 5.24. The number of nitrogens with zero attached hydrogens (tertiary/aromatic N) is 4. The largest absolute Gasteiger partial charge is 0.259 e. The normalized spacial score (nSPS) is 12.2. The Labute approximate surface area is 124 Å². The molecule has 0 spiro atoms. The van der Waals surface area contributed by atoms with Crippen LogP contribution in [0.2, 0.25) is 0 Å². The summed E-state index contributed by atoms with van der Waals surface area (Å²) in [6.07, 6.45) is 4.70. The predicted molar refractivity (Wildman–Crippen MR) is 81.9 cm³/mol. The highest BCUT2D eigenvalue weighted by molar-refractivity contribution is 5.20. The number of pyridine rings is 1. The maximum absolute atomic E-state index is 4.30. The van der Waals surface area contributed by atoms with Crippen LogP contribution >= 0.6 is 0 Å². The summed E-state index contributed by atoms with van der Waals surface area (Å²) in [6.45, 7) is 2.88. The summed E-state index contributed by atoms with van der Waals surface area (Å²) in [5.41, 5.74) is 3.34. The zero-order valence-corrected chi connectivity index (χ0v) is 12.1. The number of hydrogen-bond donors (Lipinski definition) is 0. The average molecular weight is 278 g/mol. The molecule has 2 aromatic heterocycles. The molecule has 0 aliphatic carbocycles. The molecular weight excluding hydrogens is 260 g/mol. The van der Waals surface area contributed by atoms with Crippen LogP contribution in [0.1, 0.15) is 29.8 Å². The lowest BCUT2D eigenvalue weighted by Gasteiger charge is -2.09. The molecule has 0 amide bonds. The van der Waals surface area contributed by atoms with E-state index in [1.54, 1.807) is 6.20 Å². The number of aromatic nitrogens is 4. The molecule has 2 heterocycles. The van der Waals surface area contributed by atoms with Crippen molar-refractivity contribution in [3.8, 4) is 0 Å². The monoisotopic (exact) mass is 278 g/mol. The summed E-state index contributed by atoms with van der Waals surface area (Å²) < 4.78 is 1.84. The van der Waals surface area contributed by atoms with E-state index in [-0.39, 0.29) is 0 Å². The van der Waals surface area contributed by atoms with Gasteiger partial charge in [0, 0.05) is 12.4 Å². The van der Waals surface area contributed by atoms with Crippen LogP contribution in [-0.4, -0.2) is 20.0 Å². The fraction of sp³-hybridized carbons (Fsp3) is 0.235. The molecule has 0 bridgehead atoms. The standard InChI is InChI=1S/C17H18N4/c1-14(15-7-3-2-4-8-15)11-17-13-21(20-19-17)12-16-9-5-6-10-18-16/h2-10,13-14H,11-12H2,1H3. The Hall–Kier alpha value is -2.49. The van der Waals surface area contributed by atoms with Crippen molar-refractivity contribution in [3.63, 3.8) is 0 Å². The van der Waals surface area contributed by atoms with Gasteiger partial charge in [0.2, 0.25) is 0 Å². The topological polar surface area (TPSA) is 43.6 Å². The molecule has 1 atom stereocenters. The molecule has 0 aliphatic rings. The molecule has 0 N–H and O–H groups in total. The SMILES string of the molecule is CC(Cc1cn(Cc2ccccn2)nn1)c1ccccc1. The molecule has 0 saturated heterocycles. The van der Waals surface area contributed by atoms with Gasteiger partial charge in [-0.15, -0.1) is 5.10 Å². The van der Waals surface area contributed by atoms with Crippen LogP contribution in [0.15, 0.2) is 60.9 Å². The Balaban J connectivity index is 1.65. The van der Waals surface area contributed by atoms with Crippen molar-refractivity contribution < 1.29 is 0 Å². The second-order valence-corrected chi connectivity index (χ2v) is 5.24. The zero-order chi connectivity index (χ0) is 14.5. The van der Waals surface area contributed by atoms with E-state index in [2.05, 4.69) is 46.5 Å². The lowest BCUT2D eigenvalue weighted by molar-refractivity contribution is 0.638. The first kappa shape index (κ1) is 13.5. The summed E-state index contributed by atoms with van der Waals surface area (Å²) >= 11 is 0. The Bertz CT molecular complexity index is 676. The van der Waals surface area contributed by atoms with Gasteiger partial charge < -0.3 is 0 Å². The molecular formula is C17H18N4. The first-order valence-electron chi connectivity index (χ1n) is 7.15. The van der Waals surface area contributed by atoms with Gasteiger partial charge in [-0.1, -0.05) is 48.5 Å². The quantitative estimate of drug-likeness (QED) is 0.720. The van der Waals surface area contributed by atoms with E-state index in [4.69, 9.17) is 0 Å². The molecule has 0 fully saturated rings. The molecule has 0 radical (unpaired) electrons. The lowest BCUT2D eigenvalue weighted by atomic mass is 9.97. The maximum atomic E-state index is 4.30. The van der Waals surface area contributed by atoms with E-state index in [9.17, 15) is 0 Å². The fourth-order valence-corrected chi connectivity index (χ4v) is 2.38. The van der Waals surface area contributed by atoms with Crippen molar-refractivity contribution >= 4 is 0 Å². The first-order chi connectivity index (χ1) is 10.3. The average Bonchev–Trinajstić information content (AvgIpc) is 2.96. The molecule has 21 heavy (non-hydrogen) atoms. The molecule has 4 heteroatoms. The molecule has 4 nitrogen and oxygen atoms in total. The molecule has 106 valence electrons. The van der Waals surface area contributed by atoms with E-state index in [1.165, 1.54) is 5.56 Å². The molecule has 3 aromatic rings. The third-order valence-corrected chi connectivity index (χ3v) is 3.52. The van der Waals surface area contributed by atoms with Crippen molar-refractivity contribution in [2.24, 2.45) is 0 Å². The summed E-state index contributed by atoms with van der Waals surface area (Å²) in [5.74, 6) is 0.436. The van der Waals surface area contributed by atoms with Crippen LogP contribution in [0.25, 0.3) is 0 Å². The number of benzene rings is 1. The van der Waals surface area contributed by atoms with Crippen LogP contribution in [-0.2, 0) is 13.0 Å². The summed E-state index contributed by atoms with van der Waals surface area (Å²) in [4.78, 5) is 4.30. The Morgan fingerprint density at radius 1 is 1.00 bits per heavy atom. The number of rotatable bonds is 5. The number of hydrogen-bond acceptors (Lipinski definition) is 3. The summed E-state index contributed by atoms with van der Waals surface area (Å²) in [5, 5.41) is 8.45. The Kier molecular flexibility index (Phi) is 4.05. The third kappa shape index (κ3) is 3.54. The summed E-state index contributed by atoms with van der Waals surface area (Å²) in [6, 6.07) is 16.4. The summed E-state index contributed by atoms with van der Waals surface area (Å²) in [7, 11) is 0. The van der Waals surface area contributed by atoms with Gasteiger partial charge in [-0.05, 0) is 30.0 Å². The van der Waals surface area contributed by atoms with Gasteiger partial charge in [0.15, 0.2) is 0 Å². The molecule has 3 rings (SSSR count). The Morgan fingerprint density at radius 2 is 1.81 bits per heavy atom. The highest BCUT2D eigenvalue weighted by atomic mass is 15.4. The van der Waals surface area contributed by atoms with Crippen LogP contribution in [0, 0.1) is 0 Å². The lowest BCUT2D eigenvalue weighted by Crippen LogP contribution is -2.02. The highest BCUT2D eigenvalue weighted by Crippen LogP contribution is 2.18. The van der Waals surface area contributed by atoms with Crippen LogP contribution in [0.3, 0.4) is 0 Å². The predicted octanol–water partition coefficient (Wildman–Crippen LogP) is 3.07. The van der Waals surface area contributed by atoms with Crippen molar-refractivity contribution in [2.75, 3.05) is 0 Å². The van der Waals surface area contributed by atoms with Crippen molar-refractivity contribution in [1.29, 1.82) is 0 Å². The smallest absolute Gasteiger partial charge is 0.0849 e.